The lowest BCUT2D eigenvalue weighted by molar-refractivity contribution is -0.145. The Morgan fingerprint density at radius 1 is 1.00 bits per heavy atom. The van der Waals surface area contributed by atoms with Crippen molar-refractivity contribution in [1.82, 2.24) is 20.5 Å². The first-order valence-electron chi connectivity index (χ1n) is 14.0. The molecule has 1 aliphatic rings. The molecule has 1 aromatic heterocycles. The predicted molar refractivity (Wildman–Crippen MR) is 156 cm³/mol. The molecule has 3 aromatic rings. The van der Waals surface area contributed by atoms with Gasteiger partial charge in [-0.05, 0) is 48.6 Å². The third-order valence-corrected chi connectivity index (χ3v) is 7.58. The maximum absolute atomic E-state index is 14.0. The second kappa shape index (κ2) is 13.8. The second-order valence-corrected chi connectivity index (χ2v) is 10.7. The van der Waals surface area contributed by atoms with Crippen LogP contribution in [0.4, 0.5) is 0 Å². The van der Waals surface area contributed by atoms with Gasteiger partial charge in [-0.2, -0.15) is 0 Å². The lowest BCUT2D eigenvalue weighted by Crippen LogP contribution is -2.57. The van der Waals surface area contributed by atoms with Gasteiger partial charge in [-0.15, -0.1) is 0 Å². The number of hydrogen-bond acceptors (Lipinski definition) is 7. The molecular weight excluding hydrogens is 556 g/mol. The molecule has 9 N–H and O–H groups in total. The summed E-state index contributed by atoms with van der Waals surface area (Å²) in [5, 5.41) is 25.4. The number of nitrogens with one attached hydrogen (secondary N) is 3. The minimum atomic E-state index is -1.26. The van der Waals surface area contributed by atoms with Crippen LogP contribution in [0.2, 0.25) is 0 Å². The summed E-state index contributed by atoms with van der Waals surface area (Å²) in [4.78, 5) is 68.0. The number of carboxylic acid groups (broad SMARTS) is 1. The molecule has 4 unspecified atom stereocenters. The number of phenols is 1. The number of hydrogen-bond donors (Lipinski definition) is 7. The van der Waals surface area contributed by atoms with Crippen molar-refractivity contribution in [3.05, 3.63) is 65.9 Å². The van der Waals surface area contributed by atoms with Gasteiger partial charge in [0, 0.05) is 42.9 Å². The van der Waals surface area contributed by atoms with Crippen LogP contribution in [0.1, 0.15) is 36.8 Å². The van der Waals surface area contributed by atoms with Crippen molar-refractivity contribution in [3.63, 3.8) is 0 Å². The van der Waals surface area contributed by atoms with E-state index in [0.29, 0.717) is 18.4 Å². The average Bonchev–Trinajstić information content (AvgIpc) is 3.63. The molecule has 0 radical (unpaired) electrons. The van der Waals surface area contributed by atoms with Crippen LogP contribution in [-0.2, 0) is 36.8 Å². The summed E-state index contributed by atoms with van der Waals surface area (Å²) in [6.45, 7) is 0.237. The molecule has 2 heterocycles. The molecule has 1 fully saturated rings. The molecular formula is C30H36N6O7. The highest BCUT2D eigenvalue weighted by atomic mass is 16.4. The van der Waals surface area contributed by atoms with Crippen molar-refractivity contribution in [2.24, 2.45) is 11.5 Å². The predicted octanol–water partition coefficient (Wildman–Crippen LogP) is 0.297. The third kappa shape index (κ3) is 7.89. The van der Waals surface area contributed by atoms with E-state index < -0.39 is 53.8 Å². The standard InChI is InChI=1S/C30H36N6O7/c31-21(11-12-26(32)38)27(39)34-23(15-18-16-33-22-5-2-1-4-20(18)22)29(41)36-13-3-6-25(36)28(40)35-24(30(42)43)14-17-7-9-19(37)10-8-17/h1-2,4-5,7-10,16,21,23-25,33,37H,3,6,11-15,31H2,(H2,32,38)(H,34,39)(H,35,40)(H,42,43). The van der Waals surface area contributed by atoms with Gasteiger partial charge in [0.1, 0.15) is 23.9 Å². The summed E-state index contributed by atoms with van der Waals surface area (Å²) in [6, 6.07) is 9.08. The molecule has 0 aliphatic carbocycles. The Labute approximate surface area is 247 Å². The van der Waals surface area contributed by atoms with Crippen molar-refractivity contribution in [2.75, 3.05) is 6.54 Å². The van der Waals surface area contributed by atoms with Gasteiger partial charge in [0.2, 0.25) is 23.6 Å². The molecule has 13 heteroatoms. The van der Waals surface area contributed by atoms with Crippen LogP contribution in [0.25, 0.3) is 10.9 Å². The minimum absolute atomic E-state index is 0.00150. The Morgan fingerprint density at radius 2 is 1.72 bits per heavy atom. The van der Waals surface area contributed by atoms with Crippen molar-refractivity contribution < 1.29 is 34.2 Å². The highest BCUT2D eigenvalue weighted by Crippen LogP contribution is 2.23. The number of carbonyl (C=O) groups is 5. The first kappa shape index (κ1) is 31.0. The number of nitrogens with two attached hydrogens (primary N) is 2. The number of aromatic amines is 1. The smallest absolute Gasteiger partial charge is 0.326 e. The zero-order valence-electron chi connectivity index (χ0n) is 23.5. The number of nitrogens with zero attached hydrogens (tertiary/aromatic N) is 1. The number of carbonyl (C=O) groups excluding carboxylic acids is 4. The van der Waals surface area contributed by atoms with Gasteiger partial charge in [-0.3, -0.25) is 19.2 Å². The number of benzene rings is 2. The number of phenolic OH excluding ortho intramolecular Hbond substituents is 1. The fourth-order valence-electron chi connectivity index (χ4n) is 5.27. The molecule has 1 saturated heterocycles. The van der Waals surface area contributed by atoms with E-state index in [0.717, 1.165) is 16.5 Å². The summed E-state index contributed by atoms with van der Waals surface area (Å²) in [7, 11) is 0. The SMILES string of the molecule is NC(=O)CCC(N)C(=O)NC(Cc1c[nH]c2ccccc12)C(=O)N1CCCC1C(=O)NC(Cc1ccc(O)cc1)C(=O)O. The van der Waals surface area contributed by atoms with E-state index in [1.54, 1.807) is 18.3 Å². The number of primary amides is 1. The van der Waals surface area contributed by atoms with Crippen LogP contribution in [0.5, 0.6) is 5.75 Å². The van der Waals surface area contributed by atoms with E-state index in [-0.39, 0.29) is 38.0 Å². The second-order valence-electron chi connectivity index (χ2n) is 10.7. The van der Waals surface area contributed by atoms with E-state index in [4.69, 9.17) is 11.5 Å². The molecule has 13 nitrogen and oxygen atoms in total. The number of amides is 4. The van der Waals surface area contributed by atoms with Crippen molar-refractivity contribution in [3.8, 4) is 5.75 Å². The number of likely N-dealkylation sites (tertiary alicyclic amines) is 1. The Balaban J connectivity index is 1.52. The monoisotopic (exact) mass is 592 g/mol. The number of H-pyrrole nitrogens is 1. The molecule has 4 atom stereocenters. The van der Waals surface area contributed by atoms with E-state index in [2.05, 4.69) is 15.6 Å². The zero-order valence-corrected chi connectivity index (χ0v) is 23.5. The maximum Gasteiger partial charge on any atom is 0.326 e. The lowest BCUT2D eigenvalue weighted by atomic mass is 10.0. The van der Waals surface area contributed by atoms with Crippen molar-refractivity contribution in [1.29, 1.82) is 0 Å². The quantitative estimate of drug-likeness (QED) is 0.146. The van der Waals surface area contributed by atoms with Crippen LogP contribution in [-0.4, -0.2) is 80.4 Å². The number of rotatable bonds is 13. The van der Waals surface area contributed by atoms with Crippen LogP contribution < -0.4 is 22.1 Å². The number of aromatic hydroxyl groups is 1. The summed E-state index contributed by atoms with van der Waals surface area (Å²) < 4.78 is 0. The van der Waals surface area contributed by atoms with E-state index >= 15 is 0 Å². The Bertz CT molecular complexity index is 1490. The van der Waals surface area contributed by atoms with E-state index in [9.17, 15) is 34.2 Å². The molecule has 4 rings (SSSR count). The fourth-order valence-corrected chi connectivity index (χ4v) is 5.27. The molecule has 0 saturated carbocycles. The number of carboxylic acids is 1. The normalized spacial score (nSPS) is 16.8. The number of para-hydroxylation sites is 1. The molecule has 4 amide bonds. The van der Waals surface area contributed by atoms with Crippen LogP contribution >= 0.6 is 0 Å². The Hall–Kier alpha value is -4.91. The van der Waals surface area contributed by atoms with Gasteiger partial charge >= 0.3 is 5.97 Å². The summed E-state index contributed by atoms with van der Waals surface area (Å²) >= 11 is 0. The number of fused-ring (bicyclic) bond motifs is 1. The third-order valence-electron chi connectivity index (χ3n) is 7.58. The Kier molecular flexibility index (Phi) is 9.99. The highest BCUT2D eigenvalue weighted by Gasteiger charge is 2.39. The van der Waals surface area contributed by atoms with Crippen LogP contribution in [0.15, 0.2) is 54.7 Å². The number of aromatic nitrogens is 1. The van der Waals surface area contributed by atoms with Crippen LogP contribution in [0.3, 0.4) is 0 Å². The van der Waals surface area contributed by atoms with Gasteiger partial charge in [0.05, 0.1) is 6.04 Å². The van der Waals surface area contributed by atoms with Gasteiger partial charge in [-0.1, -0.05) is 30.3 Å². The van der Waals surface area contributed by atoms with Crippen molar-refractivity contribution in [2.45, 2.75) is 62.7 Å². The first-order chi connectivity index (χ1) is 20.5. The molecule has 0 bridgehead atoms. The number of aliphatic carboxylic acids is 1. The van der Waals surface area contributed by atoms with Crippen molar-refractivity contribution >= 4 is 40.5 Å². The topological polar surface area (TPSA) is 221 Å². The molecule has 2 aromatic carbocycles. The fraction of sp³-hybridized carbons (Fsp3) is 0.367. The Morgan fingerprint density at radius 3 is 2.42 bits per heavy atom. The van der Waals surface area contributed by atoms with Gasteiger partial charge < -0.3 is 42.2 Å². The largest absolute Gasteiger partial charge is 0.508 e. The molecule has 0 spiro atoms. The van der Waals surface area contributed by atoms with Gasteiger partial charge in [0.25, 0.3) is 0 Å². The average molecular weight is 593 g/mol. The van der Waals surface area contributed by atoms with Gasteiger partial charge in [0.15, 0.2) is 0 Å². The summed E-state index contributed by atoms with van der Waals surface area (Å²) in [6.07, 6.45) is 2.55. The molecule has 43 heavy (non-hydrogen) atoms. The summed E-state index contributed by atoms with van der Waals surface area (Å²) in [5.41, 5.74) is 13.4. The van der Waals surface area contributed by atoms with E-state index in [1.807, 2.05) is 24.3 Å². The molecule has 1 aliphatic heterocycles. The summed E-state index contributed by atoms with van der Waals surface area (Å²) in [5.74, 6) is -3.59. The van der Waals surface area contributed by atoms with E-state index in [1.165, 1.54) is 17.0 Å². The minimum Gasteiger partial charge on any atom is -0.508 e. The van der Waals surface area contributed by atoms with Crippen LogP contribution in [0, 0.1) is 0 Å². The molecule has 228 valence electrons. The maximum atomic E-state index is 14.0. The zero-order chi connectivity index (χ0) is 31.1. The van der Waals surface area contributed by atoms with Gasteiger partial charge in [-0.25, -0.2) is 4.79 Å². The highest BCUT2D eigenvalue weighted by molar-refractivity contribution is 5.95. The first-order valence-corrected chi connectivity index (χ1v) is 14.0. The lowest BCUT2D eigenvalue weighted by Gasteiger charge is -2.30.